The smallest absolute Gasteiger partial charge is 0.338 e. The molecule has 4 saturated carbocycles. The van der Waals surface area contributed by atoms with Crippen molar-refractivity contribution in [2.75, 3.05) is 11.9 Å². The van der Waals surface area contributed by atoms with E-state index in [-0.39, 0.29) is 5.97 Å². The van der Waals surface area contributed by atoms with Crippen LogP contribution in [-0.4, -0.2) is 22.5 Å². The number of anilines is 1. The van der Waals surface area contributed by atoms with Gasteiger partial charge in [0.1, 0.15) is 6.33 Å². The third-order valence-corrected chi connectivity index (χ3v) is 7.45. The van der Waals surface area contributed by atoms with Gasteiger partial charge in [-0.2, -0.15) is 0 Å². The Kier molecular flexibility index (Phi) is 5.21. The van der Waals surface area contributed by atoms with E-state index in [9.17, 15) is 4.79 Å². The number of carbonyl (C=O) groups excluding carboxylic acids is 1. The molecule has 4 bridgehead atoms. The van der Waals surface area contributed by atoms with E-state index in [2.05, 4.69) is 21.4 Å². The molecule has 4 fully saturated rings. The predicted octanol–water partition coefficient (Wildman–Crippen LogP) is 5.02. The molecule has 2 aromatic rings. The second kappa shape index (κ2) is 8.01. The van der Waals surface area contributed by atoms with E-state index in [0.717, 1.165) is 35.4 Å². The maximum atomic E-state index is 12.3. The SMILES string of the molecule is CCOC(=O)c1ccc(CC23CC4CC(CC(C4)C2)C3)c(NCc2cncnc2)c1. The van der Waals surface area contributed by atoms with Crippen LogP contribution >= 0.6 is 0 Å². The highest BCUT2D eigenvalue weighted by Crippen LogP contribution is 2.61. The van der Waals surface area contributed by atoms with Crippen molar-refractivity contribution in [2.24, 2.45) is 23.2 Å². The largest absolute Gasteiger partial charge is 0.462 e. The van der Waals surface area contributed by atoms with Crippen LogP contribution in [-0.2, 0) is 17.7 Å². The lowest BCUT2D eigenvalue weighted by atomic mass is 9.48. The van der Waals surface area contributed by atoms with Crippen molar-refractivity contribution < 1.29 is 9.53 Å². The van der Waals surface area contributed by atoms with Crippen LogP contribution in [0.1, 0.15) is 66.9 Å². The molecular weight excluding hydrogens is 374 g/mol. The second-order valence-electron chi connectivity index (χ2n) is 9.79. The molecule has 0 radical (unpaired) electrons. The molecule has 0 amide bonds. The summed E-state index contributed by atoms with van der Waals surface area (Å²) >= 11 is 0. The first-order valence-electron chi connectivity index (χ1n) is 11.4. The monoisotopic (exact) mass is 405 g/mol. The number of nitrogens with one attached hydrogen (secondary N) is 1. The van der Waals surface area contributed by atoms with Gasteiger partial charge in [0.05, 0.1) is 12.2 Å². The number of hydrogen-bond acceptors (Lipinski definition) is 5. The van der Waals surface area contributed by atoms with Crippen LogP contribution in [0.5, 0.6) is 0 Å². The number of aromatic nitrogens is 2. The highest BCUT2D eigenvalue weighted by molar-refractivity contribution is 5.90. The maximum absolute atomic E-state index is 12.3. The Hall–Kier alpha value is -2.43. The molecule has 5 heteroatoms. The molecule has 6 rings (SSSR count). The maximum Gasteiger partial charge on any atom is 0.338 e. The van der Waals surface area contributed by atoms with Crippen molar-refractivity contribution in [1.82, 2.24) is 9.97 Å². The first-order chi connectivity index (χ1) is 14.6. The summed E-state index contributed by atoms with van der Waals surface area (Å²) in [5.74, 6) is 2.55. The lowest BCUT2D eigenvalue weighted by molar-refractivity contribution is -0.0521. The molecule has 1 heterocycles. The van der Waals surface area contributed by atoms with Gasteiger partial charge in [0.15, 0.2) is 0 Å². The molecule has 1 aromatic heterocycles. The molecule has 4 aliphatic rings. The highest BCUT2D eigenvalue weighted by atomic mass is 16.5. The number of rotatable bonds is 7. The molecule has 0 aliphatic heterocycles. The van der Waals surface area contributed by atoms with Gasteiger partial charge in [0, 0.05) is 30.2 Å². The Balaban J connectivity index is 1.41. The van der Waals surface area contributed by atoms with Crippen molar-refractivity contribution in [1.29, 1.82) is 0 Å². The molecule has 0 spiro atoms. The van der Waals surface area contributed by atoms with Crippen LogP contribution < -0.4 is 5.32 Å². The van der Waals surface area contributed by atoms with E-state index in [0.29, 0.717) is 24.1 Å². The lowest BCUT2D eigenvalue weighted by Crippen LogP contribution is -2.47. The second-order valence-corrected chi connectivity index (χ2v) is 9.79. The van der Waals surface area contributed by atoms with E-state index < -0.39 is 0 Å². The van der Waals surface area contributed by atoms with Crippen LogP contribution in [0, 0.1) is 23.2 Å². The third kappa shape index (κ3) is 3.94. The normalized spacial score (nSPS) is 29.0. The molecule has 0 saturated heterocycles. The van der Waals surface area contributed by atoms with Gasteiger partial charge < -0.3 is 10.1 Å². The summed E-state index contributed by atoms with van der Waals surface area (Å²) in [7, 11) is 0. The average Bonchev–Trinajstić information content (AvgIpc) is 2.72. The van der Waals surface area contributed by atoms with Gasteiger partial charge in [-0.05, 0) is 92.7 Å². The van der Waals surface area contributed by atoms with E-state index in [1.165, 1.54) is 44.1 Å². The van der Waals surface area contributed by atoms with Gasteiger partial charge in [-0.15, -0.1) is 0 Å². The third-order valence-electron chi connectivity index (χ3n) is 7.45. The van der Waals surface area contributed by atoms with Gasteiger partial charge in [-0.1, -0.05) is 6.07 Å². The van der Waals surface area contributed by atoms with E-state index >= 15 is 0 Å². The summed E-state index contributed by atoms with van der Waals surface area (Å²) in [6.07, 6.45) is 14.8. The standard InChI is InChI=1S/C25H31N3O2/c1-2-30-24(29)21-3-4-22(23(8-21)28-15-20-13-26-16-27-14-20)12-25-9-17-5-18(10-25)7-19(6-17)11-25/h3-4,8,13-14,16-19,28H,2,5-7,9-12,15H2,1H3. The molecule has 0 unspecified atom stereocenters. The van der Waals surface area contributed by atoms with Gasteiger partial charge in [0.25, 0.3) is 0 Å². The summed E-state index contributed by atoms with van der Waals surface area (Å²) in [5.41, 5.74) is 4.45. The summed E-state index contributed by atoms with van der Waals surface area (Å²) in [5, 5.41) is 3.56. The molecular formula is C25H31N3O2. The molecule has 30 heavy (non-hydrogen) atoms. The fourth-order valence-electron chi connectivity index (χ4n) is 6.77. The van der Waals surface area contributed by atoms with Gasteiger partial charge in [-0.3, -0.25) is 0 Å². The topological polar surface area (TPSA) is 64.1 Å². The number of benzene rings is 1. The Morgan fingerprint density at radius 3 is 2.40 bits per heavy atom. The van der Waals surface area contributed by atoms with Crippen LogP contribution in [0.4, 0.5) is 5.69 Å². The zero-order valence-corrected chi connectivity index (χ0v) is 17.8. The minimum absolute atomic E-state index is 0.259. The van der Waals surface area contributed by atoms with Gasteiger partial charge in [0.2, 0.25) is 0 Å². The van der Waals surface area contributed by atoms with E-state index in [1.54, 1.807) is 6.33 Å². The van der Waals surface area contributed by atoms with Crippen molar-refractivity contribution in [3.05, 3.63) is 53.6 Å². The van der Waals surface area contributed by atoms with Crippen LogP contribution in [0.25, 0.3) is 0 Å². The Labute approximate surface area is 178 Å². The Bertz CT molecular complexity index is 877. The summed E-state index contributed by atoms with van der Waals surface area (Å²) < 4.78 is 5.23. The first-order valence-corrected chi connectivity index (χ1v) is 11.4. The van der Waals surface area contributed by atoms with Crippen LogP contribution in [0.2, 0.25) is 0 Å². The van der Waals surface area contributed by atoms with Gasteiger partial charge >= 0.3 is 5.97 Å². The molecule has 1 aromatic carbocycles. The molecule has 1 N–H and O–H groups in total. The molecule has 4 aliphatic carbocycles. The highest BCUT2D eigenvalue weighted by Gasteiger charge is 2.50. The average molecular weight is 406 g/mol. The number of nitrogens with zero attached hydrogens (tertiary/aromatic N) is 2. The van der Waals surface area contributed by atoms with Crippen molar-refractivity contribution in [3.63, 3.8) is 0 Å². The fourth-order valence-corrected chi connectivity index (χ4v) is 6.77. The van der Waals surface area contributed by atoms with Crippen molar-refractivity contribution >= 4 is 11.7 Å². The zero-order chi connectivity index (χ0) is 20.6. The number of carbonyl (C=O) groups is 1. The van der Waals surface area contributed by atoms with Crippen LogP contribution in [0.15, 0.2) is 36.9 Å². The van der Waals surface area contributed by atoms with Crippen molar-refractivity contribution in [3.8, 4) is 0 Å². The number of hydrogen-bond donors (Lipinski definition) is 1. The summed E-state index contributed by atoms with van der Waals surface area (Å²) in [6.45, 7) is 2.87. The van der Waals surface area contributed by atoms with Crippen LogP contribution in [0.3, 0.4) is 0 Å². The minimum atomic E-state index is -0.259. The summed E-state index contributed by atoms with van der Waals surface area (Å²) in [6, 6.07) is 6.05. The van der Waals surface area contributed by atoms with Crippen molar-refractivity contribution in [2.45, 2.75) is 58.4 Å². The van der Waals surface area contributed by atoms with E-state index in [1.807, 2.05) is 31.5 Å². The Morgan fingerprint density at radius 2 is 1.77 bits per heavy atom. The number of ether oxygens (including phenoxy) is 1. The lowest BCUT2D eigenvalue weighted by Gasteiger charge is -2.57. The predicted molar refractivity (Wildman–Crippen MR) is 116 cm³/mol. The van der Waals surface area contributed by atoms with Gasteiger partial charge in [-0.25, -0.2) is 14.8 Å². The first kappa shape index (κ1) is 19.5. The molecule has 0 atom stereocenters. The molecule has 158 valence electrons. The molecule has 5 nitrogen and oxygen atoms in total. The van der Waals surface area contributed by atoms with E-state index in [4.69, 9.17) is 4.74 Å². The zero-order valence-electron chi connectivity index (χ0n) is 17.8. The fraction of sp³-hybridized carbons (Fsp3) is 0.560. The quantitative estimate of drug-likeness (QED) is 0.655. The minimum Gasteiger partial charge on any atom is -0.462 e. The summed E-state index contributed by atoms with van der Waals surface area (Å²) in [4.78, 5) is 20.5. The Morgan fingerprint density at radius 1 is 1.10 bits per heavy atom. The number of esters is 1.